The Balaban J connectivity index is 1.64. The number of methoxy groups -OCH3 is 1. The number of likely N-dealkylation sites (N-methyl/N-ethyl adjacent to an activating group) is 1. The Morgan fingerprint density at radius 1 is 1.13 bits per heavy atom. The first-order valence-corrected chi connectivity index (χ1v) is 10.7. The minimum absolute atomic E-state index is 0.116. The molecule has 1 fully saturated rings. The predicted octanol–water partition coefficient (Wildman–Crippen LogP) is 2.13. The molecule has 1 aromatic carbocycles. The standard InChI is InChI=1S/C23H35N5O3/c1-24-23(26-17-21(27(2)3)22-6-5-13-31-22)25-16-20(28-11-14-30-15-12-28)18-7-9-19(29-4)10-8-18/h5-10,13,20-21H,11-12,14-17H2,1-4H3,(H2,24,25,26). The number of benzene rings is 1. The van der Waals surface area contributed by atoms with E-state index in [0.717, 1.165) is 50.3 Å². The van der Waals surface area contributed by atoms with Crippen molar-refractivity contribution in [2.24, 2.45) is 4.99 Å². The van der Waals surface area contributed by atoms with Gasteiger partial charge in [-0.2, -0.15) is 0 Å². The Morgan fingerprint density at radius 3 is 2.42 bits per heavy atom. The number of hydrogen-bond donors (Lipinski definition) is 2. The Bertz CT molecular complexity index is 786. The third-order valence-electron chi connectivity index (χ3n) is 5.63. The van der Waals surface area contributed by atoms with Crippen LogP contribution in [0.2, 0.25) is 0 Å². The number of aliphatic imine (C=N–C) groups is 1. The number of ether oxygens (including phenoxy) is 2. The van der Waals surface area contributed by atoms with Crippen molar-refractivity contribution in [3.8, 4) is 5.75 Å². The number of nitrogens with one attached hydrogen (secondary N) is 2. The highest BCUT2D eigenvalue weighted by molar-refractivity contribution is 5.79. The molecule has 0 spiro atoms. The van der Waals surface area contributed by atoms with Crippen molar-refractivity contribution in [2.75, 3.05) is 67.6 Å². The summed E-state index contributed by atoms with van der Waals surface area (Å²) in [5, 5.41) is 6.95. The topological polar surface area (TPSA) is 74.5 Å². The van der Waals surface area contributed by atoms with Crippen molar-refractivity contribution in [1.29, 1.82) is 0 Å². The lowest BCUT2D eigenvalue weighted by Gasteiger charge is -2.35. The highest BCUT2D eigenvalue weighted by Crippen LogP contribution is 2.24. The number of furan rings is 1. The van der Waals surface area contributed by atoms with Gasteiger partial charge in [0.05, 0.1) is 38.7 Å². The highest BCUT2D eigenvalue weighted by atomic mass is 16.5. The van der Waals surface area contributed by atoms with Gasteiger partial charge in [0.15, 0.2) is 5.96 Å². The minimum atomic E-state index is 0.116. The summed E-state index contributed by atoms with van der Waals surface area (Å²) in [4.78, 5) is 9.01. The van der Waals surface area contributed by atoms with Crippen molar-refractivity contribution >= 4 is 5.96 Å². The fourth-order valence-electron chi connectivity index (χ4n) is 3.80. The second-order valence-electron chi connectivity index (χ2n) is 7.77. The van der Waals surface area contributed by atoms with Crippen LogP contribution in [0.15, 0.2) is 52.1 Å². The van der Waals surface area contributed by atoms with E-state index in [1.165, 1.54) is 5.56 Å². The molecule has 2 unspecified atom stereocenters. The van der Waals surface area contributed by atoms with Gasteiger partial charge in [-0.05, 0) is 43.9 Å². The van der Waals surface area contributed by atoms with Crippen LogP contribution in [-0.2, 0) is 4.74 Å². The third kappa shape index (κ3) is 6.46. The fourth-order valence-corrected chi connectivity index (χ4v) is 3.80. The number of rotatable bonds is 9. The van der Waals surface area contributed by atoms with E-state index in [2.05, 4.69) is 37.6 Å². The molecule has 0 bridgehead atoms. The van der Waals surface area contributed by atoms with Gasteiger partial charge in [-0.1, -0.05) is 12.1 Å². The van der Waals surface area contributed by atoms with Crippen LogP contribution < -0.4 is 15.4 Å². The van der Waals surface area contributed by atoms with Gasteiger partial charge in [-0.15, -0.1) is 0 Å². The maximum absolute atomic E-state index is 5.61. The largest absolute Gasteiger partial charge is 0.497 e. The first-order valence-electron chi connectivity index (χ1n) is 10.7. The van der Waals surface area contributed by atoms with Crippen molar-refractivity contribution in [2.45, 2.75) is 12.1 Å². The van der Waals surface area contributed by atoms with Crippen molar-refractivity contribution in [3.63, 3.8) is 0 Å². The van der Waals surface area contributed by atoms with Gasteiger partial charge in [0.1, 0.15) is 11.5 Å². The van der Waals surface area contributed by atoms with Gasteiger partial charge in [0.2, 0.25) is 0 Å². The summed E-state index contributed by atoms with van der Waals surface area (Å²) in [6.07, 6.45) is 1.71. The summed E-state index contributed by atoms with van der Waals surface area (Å²) in [7, 11) is 7.58. The average molecular weight is 430 g/mol. The molecule has 31 heavy (non-hydrogen) atoms. The van der Waals surface area contributed by atoms with Gasteiger partial charge >= 0.3 is 0 Å². The zero-order chi connectivity index (χ0) is 22.1. The Morgan fingerprint density at radius 2 is 1.84 bits per heavy atom. The molecule has 2 N–H and O–H groups in total. The van der Waals surface area contributed by atoms with Gasteiger partial charge < -0.3 is 24.5 Å². The van der Waals surface area contributed by atoms with E-state index in [0.29, 0.717) is 6.54 Å². The van der Waals surface area contributed by atoms with Crippen LogP contribution in [-0.4, -0.2) is 83.4 Å². The lowest BCUT2D eigenvalue weighted by molar-refractivity contribution is 0.0170. The maximum atomic E-state index is 5.61. The van der Waals surface area contributed by atoms with Crippen LogP contribution in [0.1, 0.15) is 23.4 Å². The molecule has 8 heteroatoms. The molecule has 8 nitrogen and oxygen atoms in total. The smallest absolute Gasteiger partial charge is 0.191 e. The van der Waals surface area contributed by atoms with Gasteiger partial charge in [0.25, 0.3) is 0 Å². The second-order valence-corrected chi connectivity index (χ2v) is 7.77. The van der Waals surface area contributed by atoms with E-state index in [9.17, 15) is 0 Å². The molecular formula is C23H35N5O3. The fraction of sp³-hybridized carbons (Fsp3) is 0.522. The molecule has 0 aliphatic carbocycles. The molecule has 170 valence electrons. The summed E-state index contributed by atoms with van der Waals surface area (Å²) >= 11 is 0. The molecular weight excluding hydrogens is 394 g/mol. The van der Waals surface area contributed by atoms with Gasteiger partial charge in [-0.25, -0.2) is 0 Å². The van der Waals surface area contributed by atoms with Crippen molar-refractivity contribution < 1.29 is 13.9 Å². The molecule has 0 saturated carbocycles. The van der Waals surface area contributed by atoms with Gasteiger partial charge in [-0.3, -0.25) is 14.8 Å². The predicted molar refractivity (Wildman–Crippen MR) is 123 cm³/mol. The molecule has 3 rings (SSSR count). The van der Waals surface area contributed by atoms with E-state index >= 15 is 0 Å². The lowest BCUT2D eigenvalue weighted by Crippen LogP contribution is -2.47. The summed E-state index contributed by atoms with van der Waals surface area (Å²) in [6, 6.07) is 12.5. The quantitative estimate of drug-likeness (QED) is 0.467. The van der Waals surface area contributed by atoms with Crippen LogP contribution in [0, 0.1) is 0 Å². The van der Waals surface area contributed by atoms with E-state index < -0.39 is 0 Å². The van der Waals surface area contributed by atoms with E-state index in [1.807, 2.05) is 38.4 Å². The van der Waals surface area contributed by atoms with E-state index in [-0.39, 0.29) is 12.1 Å². The molecule has 1 aromatic heterocycles. The molecule has 1 aliphatic heterocycles. The van der Waals surface area contributed by atoms with Crippen LogP contribution in [0.25, 0.3) is 0 Å². The summed E-state index contributed by atoms with van der Waals surface area (Å²) in [5.41, 5.74) is 1.24. The molecule has 2 aromatic rings. The Kier molecular flexibility index (Phi) is 8.75. The zero-order valence-corrected chi connectivity index (χ0v) is 19.0. The van der Waals surface area contributed by atoms with E-state index in [1.54, 1.807) is 20.4 Å². The normalized spacial score (nSPS) is 17.4. The number of morpholine rings is 1. The summed E-state index contributed by atoms with van der Waals surface area (Å²) in [5.74, 6) is 2.56. The van der Waals surface area contributed by atoms with Crippen molar-refractivity contribution in [1.82, 2.24) is 20.4 Å². The Hall–Kier alpha value is -2.55. The number of guanidine groups is 1. The highest BCUT2D eigenvalue weighted by Gasteiger charge is 2.23. The molecule has 0 radical (unpaired) electrons. The number of nitrogens with zero attached hydrogens (tertiary/aromatic N) is 3. The van der Waals surface area contributed by atoms with Crippen LogP contribution in [0.4, 0.5) is 0 Å². The monoisotopic (exact) mass is 429 g/mol. The first-order chi connectivity index (χ1) is 15.1. The maximum Gasteiger partial charge on any atom is 0.191 e. The minimum Gasteiger partial charge on any atom is -0.497 e. The SMILES string of the molecule is CN=C(NCC(c1ccco1)N(C)C)NCC(c1ccc(OC)cc1)N1CCOCC1. The van der Waals surface area contributed by atoms with E-state index in [4.69, 9.17) is 13.9 Å². The summed E-state index contributed by atoms with van der Waals surface area (Å²) in [6.45, 7) is 4.75. The third-order valence-corrected chi connectivity index (χ3v) is 5.63. The Labute approximate surface area is 185 Å². The second kappa shape index (κ2) is 11.7. The van der Waals surface area contributed by atoms with Crippen molar-refractivity contribution in [3.05, 3.63) is 54.0 Å². The van der Waals surface area contributed by atoms with Gasteiger partial charge in [0, 0.05) is 33.2 Å². The first kappa shape index (κ1) is 23.1. The van der Waals surface area contributed by atoms with Crippen LogP contribution >= 0.6 is 0 Å². The zero-order valence-electron chi connectivity index (χ0n) is 19.0. The molecule has 2 heterocycles. The molecule has 1 saturated heterocycles. The molecule has 2 atom stereocenters. The average Bonchev–Trinajstić information content (AvgIpc) is 3.33. The molecule has 1 aliphatic rings. The lowest BCUT2D eigenvalue weighted by atomic mass is 10.0. The summed E-state index contributed by atoms with van der Waals surface area (Å²) < 4.78 is 16.5. The van der Waals surface area contributed by atoms with Crippen LogP contribution in [0.5, 0.6) is 5.75 Å². The molecule has 0 amide bonds. The number of hydrogen-bond acceptors (Lipinski definition) is 6. The van der Waals surface area contributed by atoms with Crippen LogP contribution in [0.3, 0.4) is 0 Å².